The SMILES string of the molecule is OCCC#Cc1cccc(Cn2cnc3c2CCCC3)c1. The lowest BCUT2D eigenvalue weighted by atomic mass is 10.0. The second-order valence-electron chi connectivity index (χ2n) is 5.45. The number of fused-ring (bicyclic) bond motifs is 1. The van der Waals surface area contributed by atoms with Crippen LogP contribution in [0.3, 0.4) is 0 Å². The molecule has 2 aromatic rings. The summed E-state index contributed by atoms with van der Waals surface area (Å²) in [6.45, 7) is 0.978. The molecule has 3 nitrogen and oxygen atoms in total. The van der Waals surface area contributed by atoms with E-state index in [0.29, 0.717) is 6.42 Å². The van der Waals surface area contributed by atoms with Gasteiger partial charge in [-0.25, -0.2) is 4.98 Å². The third-order valence-electron chi connectivity index (χ3n) is 3.86. The second-order valence-corrected chi connectivity index (χ2v) is 5.45. The summed E-state index contributed by atoms with van der Waals surface area (Å²) in [6, 6.07) is 8.31. The zero-order valence-electron chi connectivity index (χ0n) is 12.2. The van der Waals surface area contributed by atoms with E-state index in [0.717, 1.165) is 24.9 Å². The van der Waals surface area contributed by atoms with Gasteiger partial charge in [-0.2, -0.15) is 0 Å². The van der Waals surface area contributed by atoms with Gasteiger partial charge in [-0.3, -0.25) is 0 Å². The Bertz CT molecular complexity index is 676. The molecule has 0 amide bonds. The van der Waals surface area contributed by atoms with Gasteiger partial charge in [-0.1, -0.05) is 24.0 Å². The summed E-state index contributed by atoms with van der Waals surface area (Å²) >= 11 is 0. The van der Waals surface area contributed by atoms with E-state index < -0.39 is 0 Å². The Kier molecular flexibility index (Phi) is 4.37. The van der Waals surface area contributed by atoms with Gasteiger partial charge >= 0.3 is 0 Å². The van der Waals surface area contributed by atoms with E-state index in [2.05, 4.69) is 33.5 Å². The maximum Gasteiger partial charge on any atom is 0.0954 e. The van der Waals surface area contributed by atoms with Crippen molar-refractivity contribution in [1.82, 2.24) is 9.55 Å². The fourth-order valence-electron chi connectivity index (χ4n) is 2.83. The summed E-state index contributed by atoms with van der Waals surface area (Å²) in [5.41, 5.74) is 4.93. The number of aromatic nitrogens is 2. The molecule has 21 heavy (non-hydrogen) atoms. The molecule has 0 spiro atoms. The molecule has 0 saturated carbocycles. The molecule has 0 fully saturated rings. The molecule has 1 aliphatic carbocycles. The molecule has 1 aromatic carbocycles. The van der Waals surface area contributed by atoms with E-state index in [4.69, 9.17) is 5.11 Å². The average molecular weight is 280 g/mol. The van der Waals surface area contributed by atoms with Crippen LogP contribution in [0.2, 0.25) is 0 Å². The fraction of sp³-hybridized carbons (Fsp3) is 0.389. The molecule has 3 rings (SSSR count). The lowest BCUT2D eigenvalue weighted by Crippen LogP contribution is -2.09. The monoisotopic (exact) mass is 280 g/mol. The van der Waals surface area contributed by atoms with Gasteiger partial charge in [0.1, 0.15) is 0 Å². The Hall–Kier alpha value is -2.05. The van der Waals surface area contributed by atoms with Crippen LogP contribution in [0.1, 0.15) is 41.8 Å². The van der Waals surface area contributed by atoms with Crippen LogP contribution in [0.25, 0.3) is 0 Å². The van der Waals surface area contributed by atoms with E-state index in [1.807, 2.05) is 18.5 Å². The number of rotatable bonds is 3. The maximum atomic E-state index is 8.77. The Morgan fingerprint density at radius 3 is 3.05 bits per heavy atom. The highest BCUT2D eigenvalue weighted by atomic mass is 16.2. The highest BCUT2D eigenvalue weighted by molar-refractivity contribution is 5.37. The summed E-state index contributed by atoms with van der Waals surface area (Å²) in [6.07, 6.45) is 7.30. The van der Waals surface area contributed by atoms with E-state index in [9.17, 15) is 0 Å². The largest absolute Gasteiger partial charge is 0.395 e. The minimum absolute atomic E-state index is 0.119. The second kappa shape index (κ2) is 6.60. The van der Waals surface area contributed by atoms with Crippen LogP contribution < -0.4 is 0 Å². The molecule has 0 atom stereocenters. The zero-order valence-corrected chi connectivity index (χ0v) is 12.2. The molecule has 0 aliphatic heterocycles. The first-order valence-corrected chi connectivity index (χ1v) is 7.58. The quantitative estimate of drug-likeness (QED) is 0.877. The molecular weight excluding hydrogens is 260 g/mol. The van der Waals surface area contributed by atoms with Crippen molar-refractivity contribution >= 4 is 0 Å². The first kappa shape index (κ1) is 13.9. The predicted molar refractivity (Wildman–Crippen MR) is 83.0 cm³/mol. The third-order valence-corrected chi connectivity index (χ3v) is 3.86. The number of aliphatic hydroxyl groups excluding tert-OH is 1. The van der Waals surface area contributed by atoms with E-state index in [-0.39, 0.29) is 6.61 Å². The number of nitrogens with zero attached hydrogens (tertiary/aromatic N) is 2. The Morgan fingerprint density at radius 2 is 2.14 bits per heavy atom. The number of hydrogen-bond acceptors (Lipinski definition) is 2. The molecular formula is C18H20N2O. The van der Waals surface area contributed by atoms with Crippen molar-refractivity contribution < 1.29 is 5.11 Å². The number of benzene rings is 1. The standard InChI is InChI=1S/C18H20N2O/c21-11-4-3-6-15-7-5-8-16(12-15)13-20-14-19-17-9-1-2-10-18(17)20/h5,7-8,12,14,21H,1-2,4,9-11,13H2. The van der Waals surface area contributed by atoms with Gasteiger partial charge in [-0.05, 0) is 43.4 Å². The smallest absolute Gasteiger partial charge is 0.0954 e. The molecule has 1 aromatic heterocycles. The Labute approximate surface area is 125 Å². The number of aryl methyl sites for hydroxylation is 1. The molecule has 0 saturated heterocycles. The van der Waals surface area contributed by atoms with Crippen LogP contribution in [0.15, 0.2) is 30.6 Å². The van der Waals surface area contributed by atoms with Crippen molar-refractivity contribution in [3.8, 4) is 11.8 Å². The van der Waals surface area contributed by atoms with Gasteiger partial charge in [-0.15, -0.1) is 0 Å². The zero-order chi connectivity index (χ0) is 14.5. The van der Waals surface area contributed by atoms with E-state index >= 15 is 0 Å². The van der Waals surface area contributed by atoms with Crippen molar-refractivity contribution in [1.29, 1.82) is 0 Å². The minimum atomic E-state index is 0.119. The summed E-state index contributed by atoms with van der Waals surface area (Å²) in [7, 11) is 0. The van der Waals surface area contributed by atoms with Crippen LogP contribution in [-0.4, -0.2) is 21.3 Å². The lowest BCUT2D eigenvalue weighted by molar-refractivity contribution is 0.305. The first-order chi connectivity index (χ1) is 10.4. The van der Waals surface area contributed by atoms with Gasteiger partial charge < -0.3 is 9.67 Å². The topological polar surface area (TPSA) is 38.0 Å². The molecule has 0 bridgehead atoms. The van der Waals surface area contributed by atoms with Crippen molar-refractivity contribution in [2.75, 3.05) is 6.61 Å². The number of hydrogen-bond donors (Lipinski definition) is 1. The Balaban J connectivity index is 1.78. The normalized spacial score (nSPS) is 13.4. The Morgan fingerprint density at radius 1 is 1.24 bits per heavy atom. The van der Waals surface area contributed by atoms with Crippen LogP contribution in [0, 0.1) is 11.8 Å². The van der Waals surface area contributed by atoms with Gasteiger partial charge in [0.25, 0.3) is 0 Å². The van der Waals surface area contributed by atoms with Crippen molar-refractivity contribution in [2.24, 2.45) is 0 Å². The van der Waals surface area contributed by atoms with Crippen LogP contribution in [0.5, 0.6) is 0 Å². The van der Waals surface area contributed by atoms with Gasteiger partial charge in [0.2, 0.25) is 0 Å². The van der Waals surface area contributed by atoms with Crippen LogP contribution in [-0.2, 0) is 19.4 Å². The van der Waals surface area contributed by atoms with Crippen molar-refractivity contribution in [3.05, 3.63) is 53.1 Å². The molecule has 3 heteroatoms. The summed E-state index contributed by atoms with van der Waals surface area (Å²) in [5.74, 6) is 6.06. The molecule has 0 radical (unpaired) electrons. The number of imidazole rings is 1. The van der Waals surface area contributed by atoms with Crippen LogP contribution in [0.4, 0.5) is 0 Å². The molecule has 1 N–H and O–H groups in total. The predicted octanol–water partition coefficient (Wildman–Crippen LogP) is 2.54. The highest BCUT2D eigenvalue weighted by Crippen LogP contribution is 2.20. The lowest BCUT2D eigenvalue weighted by Gasteiger charge is -2.14. The van der Waals surface area contributed by atoms with Gasteiger partial charge in [0.05, 0.1) is 18.6 Å². The van der Waals surface area contributed by atoms with Gasteiger partial charge in [0, 0.05) is 24.2 Å². The van der Waals surface area contributed by atoms with Crippen molar-refractivity contribution in [2.45, 2.75) is 38.6 Å². The minimum Gasteiger partial charge on any atom is -0.395 e. The van der Waals surface area contributed by atoms with Gasteiger partial charge in [0.15, 0.2) is 0 Å². The first-order valence-electron chi connectivity index (χ1n) is 7.58. The van der Waals surface area contributed by atoms with Crippen LogP contribution >= 0.6 is 0 Å². The molecule has 108 valence electrons. The molecule has 0 unspecified atom stereocenters. The molecule has 1 heterocycles. The maximum absolute atomic E-state index is 8.77. The summed E-state index contributed by atoms with van der Waals surface area (Å²) < 4.78 is 2.27. The fourth-order valence-corrected chi connectivity index (χ4v) is 2.83. The number of aliphatic hydroxyl groups is 1. The van der Waals surface area contributed by atoms with E-state index in [1.54, 1.807) is 0 Å². The van der Waals surface area contributed by atoms with Crippen molar-refractivity contribution in [3.63, 3.8) is 0 Å². The van der Waals surface area contributed by atoms with E-state index in [1.165, 1.54) is 29.8 Å². The highest BCUT2D eigenvalue weighted by Gasteiger charge is 2.14. The third kappa shape index (κ3) is 3.34. The average Bonchev–Trinajstić information content (AvgIpc) is 2.91. The molecule has 1 aliphatic rings. The summed E-state index contributed by atoms with van der Waals surface area (Å²) in [5, 5.41) is 8.77. The summed E-state index contributed by atoms with van der Waals surface area (Å²) in [4.78, 5) is 4.54.